The summed E-state index contributed by atoms with van der Waals surface area (Å²) >= 11 is 0. The molecule has 0 aromatic rings. The van der Waals surface area contributed by atoms with Crippen molar-refractivity contribution in [3.05, 3.63) is 72.9 Å². The summed E-state index contributed by atoms with van der Waals surface area (Å²) in [6.07, 6.45) is 57.3. The number of ether oxygens (including phenoxy) is 1. The lowest BCUT2D eigenvalue weighted by Gasteiger charge is -2.30. The number of phosphoric acid groups is 1. The number of nitrogens with one attached hydrogen (secondary N) is 1. The smallest absolute Gasteiger partial charge is 0.306 e. The summed E-state index contributed by atoms with van der Waals surface area (Å²) in [6.45, 7) is 6.66. The SMILES string of the molecule is CC/C=C\C/C=C\C/C=C\C/C=C\C/C=C\CCCC(=O)OC(/C=C/CCCCCCCCCCCC)C(COP(=O)([O-])OCC[N+](C)(C)C)NC(=O)CCCCCCCCCCCCC. The summed E-state index contributed by atoms with van der Waals surface area (Å²) in [6, 6.07) is -0.909. The first-order valence-corrected chi connectivity index (χ1v) is 28.2. The number of hydrogen-bond acceptors (Lipinski definition) is 7. The number of carbonyl (C=O) groups is 2. The molecule has 3 unspecified atom stereocenters. The molecule has 0 radical (unpaired) electrons. The first kappa shape index (κ1) is 63.5. The molecule has 0 aliphatic carbocycles. The number of hydrogen-bond donors (Lipinski definition) is 1. The molecule has 0 aliphatic heterocycles. The van der Waals surface area contributed by atoms with E-state index >= 15 is 0 Å². The van der Waals surface area contributed by atoms with Gasteiger partial charge in [-0.1, -0.05) is 210 Å². The molecular weight excluding hydrogens is 844 g/mol. The maximum Gasteiger partial charge on any atom is 0.306 e. The molecule has 1 amide bonds. The third-order valence-electron chi connectivity index (χ3n) is 11.4. The average molecular weight is 945 g/mol. The highest BCUT2D eigenvalue weighted by Crippen LogP contribution is 2.38. The van der Waals surface area contributed by atoms with Crippen LogP contribution in [0.4, 0.5) is 0 Å². The Morgan fingerprint density at radius 1 is 0.545 bits per heavy atom. The molecule has 0 aromatic carbocycles. The zero-order valence-electron chi connectivity index (χ0n) is 43.4. The van der Waals surface area contributed by atoms with Gasteiger partial charge in [-0.25, -0.2) is 0 Å². The Balaban J connectivity index is 5.50. The molecule has 0 saturated heterocycles. The summed E-state index contributed by atoms with van der Waals surface area (Å²) in [5, 5.41) is 2.99. The van der Waals surface area contributed by atoms with Crippen molar-refractivity contribution in [2.75, 3.05) is 40.9 Å². The number of phosphoric ester groups is 1. The molecular formula is C56H101N2O7P. The molecule has 66 heavy (non-hydrogen) atoms. The van der Waals surface area contributed by atoms with Crippen molar-refractivity contribution in [3.63, 3.8) is 0 Å². The minimum atomic E-state index is -4.70. The number of likely N-dealkylation sites (N-methyl/N-ethyl adjacent to an activating group) is 1. The van der Waals surface area contributed by atoms with Gasteiger partial charge >= 0.3 is 5.97 Å². The van der Waals surface area contributed by atoms with Gasteiger partial charge in [-0.15, -0.1) is 0 Å². The van der Waals surface area contributed by atoms with E-state index in [-0.39, 0.29) is 18.9 Å². The second-order valence-electron chi connectivity index (χ2n) is 19.0. The minimum Gasteiger partial charge on any atom is -0.756 e. The van der Waals surface area contributed by atoms with Gasteiger partial charge in [0.25, 0.3) is 7.82 Å². The number of unbranched alkanes of at least 4 members (excludes halogenated alkanes) is 21. The van der Waals surface area contributed by atoms with E-state index < -0.39 is 32.5 Å². The number of allylic oxidation sites excluding steroid dienone is 11. The molecule has 0 heterocycles. The van der Waals surface area contributed by atoms with Crippen molar-refractivity contribution < 1.29 is 37.3 Å². The molecule has 382 valence electrons. The lowest BCUT2D eigenvalue weighted by molar-refractivity contribution is -0.870. The average Bonchev–Trinajstić information content (AvgIpc) is 3.27. The van der Waals surface area contributed by atoms with E-state index in [1.165, 1.54) is 103 Å². The van der Waals surface area contributed by atoms with Gasteiger partial charge in [-0.3, -0.25) is 14.2 Å². The van der Waals surface area contributed by atoms with E-state index in [9.17, 15) is 19.0 Å². The van der Waals surface area contributed by atoms with Crippen LogP contribution >= 0.6 is 7.82 Å². The van der Waals surface area contributed by atoms with E-state index in [1.807, 2.05) is 27.2 Å². The van der Waals surface area contributed by atoms with Crippen LogP contribution in [0.1, 0.15) is 220 Å². The van der Waals surface area contributed by atoms with Crippen LogP contribution in [0.3, 0.4) is 0 Å². The maximum absolute atomic E-state index is 13.4. The molecule has 0 aliphatic rings. The van der Waals surface area contributed by atoms with Gasteiger partial charge in [0.05, 0.1) is 33.8 Å². The highest BCUT2D eigenvalue weighted by molar-refractivity contribution is 7.45. The third-order valence-corrected chi connectivity index (χ3v) is 12.4. The lowest BCUT2D eigenvalue weighted by Crippen LogP contribution is -2.47. The second-order valence-corrected chi connectivity index (χ2v) is 20.4. The van der Waals surface area contributed by atoms with Crippen LogP contribution in [0.5, 0.6) is 0 Å². The Hall–Kier alpha value is -2.55. The van der Waals surface area contributed by atoms with Crippen LogP contribution in [0.2, 0.25) is 0 Å². The zero-order chi connectivity index (χ0) is 48.7. The molecule has 3 atom stereocenters. The number of carbonyl (C=O) groups excluding carboxylic acids is 2. The maximum atomic E-state index is 13.4. The van der Waals surface area contributed by atoms with Crippen LogP contribution in [0.25, 0.3) is 0 Å². The number of amides is 1. The molecule has 0 saturated carbocycles. The van der Waals surface area contributed by atoms with Crippen LogP contribution in [0, 0.1) is 0 Å². The van der Waals surface area contributed by atoms with Gasteiger partial charge in [0, 0.05) is 12.8 Å². The van der Waals surface area contributed by atoms with Crippen LogP contribution in [0.15, 0.2) is 72.9 Å². The van der Waals surface area contributed by atoms with Gasteiger partial charge < -0.3 is 28.5 Å². The van der Waals surface area contributed by atoms with Crippen molar-refractivity contribution in [1.82, 2.24) is 5.32 Å². The summed E-state index contributed by atoms with van der Waals surface area (Å²) in [5.74, 6) is -0.612. The molecule has 9 nitrogen and oxygen atoms in total. The third kappa shape index (κ3) is 46.6. The summed E-state index contributed by atoms with van der Waals surface area (Å²) in [7, 11) is 1.15. The molecule has 0 bridgehead atoms. The van der Waals surface area contributed by atoms with Crippen LogP contribution in [-0.2, 0) is 27.9 Å². The monoisotopic (exact) mass is 945 g/mol. The molecule has 0 aromatic heterocycles. The van der Waals surface area contributed by atoms with Crippen LogP contribution in [-0.4, -0.2) is 69.4 Å². The topological polar surface area (TPSA) is 114 Å². The highest BCUT2D eigenvalue weighted by Gasteiger charge is 2.27. The number of rotatable bonds is 47. The summed E-state index contributed by atoms with van der Waals surface area (Å²) in [5.41, 5.74) is 0. The first-order valence-electron chi connectivity index (χ1n) is 26.7. The van der Waals surface area contributed by atoms with Crippen molar-refractivity contribution >= 4 is 19.7 Å². The Morgan fingerprint density at radius 3 is 1.47 bits per heavy atom. The molecule has 0 rings (SSSR count). The fraction of sp³-hybridized carbons (Fsp3) is 0.750. The van der Waals surface area contributed by atoms with E-state index in [2.05, 4.69) is 86.8 Å². The van der Waals surface area contributed by atoms with Crippen molar-refractivity contribution in [2.45, 2.75) is 232 Å². The van der Waals surface area contributed by atoms with Gasteiger partial charge in [0.15, 0.2) is 0 Å². The van der Waals surface area contributed by atoms with E-state index in [0.717, 1.165) is 77.0 Å². The van der Waals surface area contributed by atoms with E-state index in [1.54, 1.807) is 6.08 Å². The molecule has 1 N–H and O–H groups in total. The minimum absolute atomic E-state index is 0.0325. The second kappa shape index (κ2) is 46.2. The Morgan fingerprint density at radius 2 is 0.985 bits per heavy atom. The van der Waals surface area contributed by atoms with Crippen molar-refractivity contribution in [1.29, 1.82) is 0 Å². The van der Waals surface area contributed by atoms with Gasteiger partial charge in [0.2, 0.25) is 5.91 Å². The van der Waals surface area contributed by atoms with Gasteiger partial charge in [-0.2, -0.15) is 0 Å². The highest BCUT2D eigenvalue weighted by atomic mass is 31.2. The fourth-order valence-electron chi connectivity index (χ4n) is 7.26. The summed E-state index contributed by atoms with van der Waals surface area (Å²) in [4.78, 5) is 39.7. The number of esters is 1. The van der Waals surface area contributed by atoms with E-state index in [0.29, 0.717) is 23.9 Å². The number of nitrogens with zero attached hydrogens (tertiary/aromatic N) is 1. The summed E-state index contributed by atoms with van der Waals surface area (Å²) < 4.78 is 30.1. The lowest BCUT2D eigenvalue weighted by atomic mass is 10.0. The standard InChI is InChI=1S/C56H101N2O7P/c1-7-10-13-16-19-22-25-27-28-29-30-31-34-37-40-43-46-49-56(60)65-54(47-44-41-38-35-33-26-23-20-17-14-11-8-2)53(52-64-66(61,62)63-51-50-58(4,5)6)57-55(59)48-45-42-39-36-32-24-21-18-15-12-9-3/h10,13,19,22,27-28,30-31,37,40,44,47,53-54H,7-9,11-12,14-18,20-21,23-26,29,32-36,38-39,41-43,45-46,48-52H2,1-6H3,(H-,57,59,61,62)/b13-10-,22-19-,28-27-,31-30-,40-37-,47-44+. The van der Waals surface area contributed by atoms with E-state index in [4.69, 9.17) is 13.8 Å². The molecule has 10 heteroatoms. The Bertz CT molecular complexity index is 1370. The predicted octanol–water partition coefficient (Wildman–Crippen LogP) is 15.1. The molecule has 0 fully saturated rings. The first-order chi connectivity index (χ1) is 31.9. The quantitative estimate of drug-likeness (QED) is 0.0212. The van der Waals surface area contributed by atoms with Gasteiger partial charge in [-0.05, 0) is 70.3 Å². The Kier molecular flexibility index (Phi) is 44.4. The van der Waals surface area contributed by atoms with Gasteiger partial charge in [0.1, 0.15) is 19.3 Å². The largest absolute Gasteiger partial charge is 0.756 e. The fourth-order valence-corrected chi connectivity index (χ4v) is 7.98. The van der Waals surface area contributed by atoms with Crippen molar-refractivity contribution in [2.24, 2.45) is 0 Å². The Labute approximate surface area is 406 Å². The zero-order valence-corrected chi connectivity index (χ0v) is 44.3. The molecule has 0 spiro atoms. The van der Waals surface area contributed by atoms with Crippen LogP contribution < -0.4 is 10.2 Å². The normalized spacial score (nSPS) is 14.5. The van der Waals surface area contributed by atoms with Crippen molar-refractivity contribution in [3.8, 4) is 0 Å². The number of quaternary nitrogens is 1. The predicted molar refractivity (Wildman–Crippen MR) is 279 cm³/mol.